The number of carboxylic acid groups (broad SMARTS) is 1. The van der Waals surface area contributed by atoms with Gasteiger partial charge >= 0.3 is 5.97 Å². The van der Waals surface area contributed by atoms with Crippen molar-refractivity contribution in [2.75, 3.05) is 7.11 Å². The molecule has 0 aliphatic rings. The second-order valence-corrected chi connectivity index (χ2v) is 4.90. The fraction of sp³-hybridized carbons (Fsp3) is 0.429. The minimum atomic E-state index is -1.46. The zero-order valence-corrected chi connectivity index (χ0v) is 11.3. The van der Waals surface area contributed by atoms with Gasteiger partial charge in [0.15, 0.2) is 5.78 Å². The lowest BCUT2D eigenvalue weighted by atomic mass is 9.83. The highest BCUT2D eigenvalue weighted by Gasteiger charge is 2.38. The summed E-state index contributed by atoms with van der Waals surface area (Å²) in [6.45, 7) is 6.58. The van der Waals surface area contributed by atoms with Gasteiger partial charge in [0.2, 0.25) is 0 Å². The number of Topliss-reactive ketones (excluding diaryl/α,β-unsaturated/α-hetero) is 1. The molecule has 98 valence electrons. The van der Waals surface area contributed by atoms with Crippen molar-refractivity contribution < 1.29 is 19.4 Å². The molecule has 0 heterocycles. The summed E-state index contributed by atoms with van der Waals surface area (Å²) in [6, 6.07) is 3.43. The normalized spacial score (nSPS) is 11.2. The largest absolute Gasteiger partial charge is 0.496 e. The highest BCUT2D eigenvalue weighted by molar-refractivity contribution is 6.12. The Morgan fingerprint density at radius 1 is 1.17 bits per heavy atom. The van der Waals surface area contributed by atoms with E-state index in [4.69, 9.17) is 9.84 Å². The molecular formula is C14H18O4. The average molecular weight is 250 g/mol. The third kappa shape index (κ3) is 2.37. The van der Waals surface area contributed by atoms with Crippen molar-refractivity contribution >= 4 is 11.8 Å². The molecule has 1 aromatic rings. The van der Waals surface area contributed by atoms with Gasteiger partial charge in [0.1, 0.15) is 11.2 Å². The zero-order valence-electron chi connectivity index (χ0n) is 11.3. The summed E-state index contributed by atoms with van der Waals surface area (Å²) >= 11 is 0. The van der Waals surface area contributed by atoms with Crippen LogP contribution in [-0.2, 0) is 4.79 Å². The lowest BCUT2D eigenvalue weighted by molar-refractivity contribution is -0.144. The van der Waals surface area contributed by atoms with Crippen molar-refractivity contribution in [2.24, 2.45) is 5.41 Å². The van der Waals surface area contributed by atoms with Crippen molar-refractivity contribution in [3.63, 3.8) is 0 Å². The maximum atomic E-state index is 12.3. The molecule has 0 bridgehead atoms. The molecule has 0 radical (unpaired) electrons. The summed E-state index contributed by atoms with van der Waals surface area (Å²) < 4.78 is 5.16. The van der Waals surface area contributed by atoms with E-state index in [9.17, 15) is 9.59 Å². The van der Waals surface area contributed by atoms with E-state index >= 15 is 0 Å². The zero-order chi connectivity index (χ0) is 14.1. The van der Waals surface area contributed by atoms with Crippen molar-refractivity contribution in [1.82, 2.24) is 0 Å². The Bertz CT molecular complexity index is 501. The van der Waals surface area contributed by atoms with Gasteiger partial charge in [0, 0.05) is 0 Å². The first kappa shape index (κ1) is 14.2. The fourth-order valence-corrected chi connectivity index (χ4v) is 1.57. The smallest absolute Gasteiger partial charge is 0.317 e. The second kappa shape index (κ2) is 4.80. The number of aryl methyl sites for hydroxylation is 2. The van der Waals surface area contributed by atoms with Crippen LogP contribution in [0, 0.1) is 19.3 Å². The lowest BCUT2D eigenvalue weighted by Gasteiger charge is -2.20. The molecule has 4 heteroatoms. The Balaban J connectivity index is 3.37. The van der Waals surface area contributed by atoms with Crippen LogP contribution in [0.1, 0.15) is 35.3 Å². The number of carboxylic acids is 1. The maximum absolute atomic E-state index is 12.3. The van der Waals surface area contributed by atoms with Gasteiger partial charge in [-0.1, -0.05) is 0 Å². The molecule has 0 spiro atoms. The Hall–Kier alpha value is -1.84. The number of carbonyl (C=O) groups is 2. The first-order valence-electron chi connectivity index (χ1n) is 5.65. The Kier molecular flexibility index (Phi) is 3.79. The van der Waals surface area contributed by atoms with Crippen LogP contribution >= 0.6 is 0 Å². The molecule has 4 nitrogen and oxygen atoms in total. The predicted octanol–water partition coefficient (Wildman–Crippen LogP) is 2.61. The number of rotatable bonds is 4. The molecule has 0 aromatic heterocycles. The topological polar surface area (TPSA) is 63.6 Å². The summed E-state index contributed by atoms with van der Waals surface area (Å²) in [7, 11) is 1.47. The molecule has 0 saturated heterocycles. The van der Waals surface area contributed by atoms with Gasteiger partial charge in [-0.05, 0) is 51.0 Å². The lowest BCUT2D eigenvalue weighted by Crippen LogP contribution is -2.33. The van der Waals surface area contributed by atoms with Gasteiger partial charge < -0.3 is 9.84 Å². The SMILES string of the molecule is COc1cc(C)c(C)cc1C(=O)C(C)(C)C(=O)O. The maximum Gasteiger partial charge on any atom is 0.317 e. The summed E-state index contributed by atoms with van der Waals surface area (Å²) in [5.41, 5.74) is 0.777. The first-order chi connectivity index (χ1) is 8.21. The summed E-state index contributed by atoms with van der Waals surface area (Å²) in [6.07, 6.45) is 0. The third-order valence-corrected chi connectivity index (χ3v) is 3.16. The second-order valence-electron chi connectivity index (χ2n) is 4.90. The summed E-state index contributed by atoms with van der Waals surface area (Å²) in [4.78, 5) is 23.4. The summed E-state index contributed by atoms with van der Waals surface area (Å²) in [5.74, 6) is -1.18. The number of hydrogen-bond donors (Lipinski definition) is 1. The number of aliphatic carboxylic acids is 1. The molecule has 1 aromatic carbocycles. The molecule has 0 amide bonds. The Labute approximate surface area is 107 Å². The van der Waals surface area contributed by atoms with Crippen LogP contribution in [0.15, 0.2) is 12.1 Å². The number of carbonyl (C=O) groups excluding carboxylic acids is 1. The van der Waals surface area contributed by atoms with Crippen LogP contribution in [0.2, 0.25) is 0 Å². The van der Waals surface area contributed by atoms with E-state index in [0.717, 1.165) is 11.1 Å². The van der Waals surface area contributed by atoms with E-state index < -0.39 is 17.2 Å². The van der Waals surface area contributed by atoms with Crippen LogP contribution < -0.4 is 4.74 Å². The third-order valence-electron chi connectivity index (χ3n) is 3.16. The van der Waals surface area contributed by atoms with E-state index in [-0.39, 0.29) is 0 Å². The van der Waals surface area contributed by atoms with Gasteiger partial charge in [-0.3, -0.25) is 9.59 Å². The first-order valence-corrected chi connectivity index (χ1v) is 5.65. The molecule has 0 atom stereocenters. The van der Waals surface area contributed by atoms with Crippen LogP contribution in [0.3, 0.4) is 0 Å². The highest BCUT2D eigenvalue weighted by atomic mass is 16.5. The fourth-order valence-electron chi connectivity index (χ4n) is 1.57. The Morgan fingerprint density at radius 2 is 1.67 bits per heavy atom. The van der Waals surface area contributed by atoms with Crippen molar-refractivity contribution in [3.05, 3.63) is 28.8 Å². The van der Waals surface area contributed by atoms with E-state index in [2.05, 4.69) is 0 Å². The number of benzene rings is 1. The molecule has 1 rings (SSSR count). The van der Waals surface area contributed by atoms with Crippen LogP contribution in [0.25, 0.3) is 0 Å². The molecule has 0 unspecified atom stereocenters. The molecule has 0 saturated carbocycles. The monoisotopic (exact) mass is 250 g/mol. The quantitative estimate of drug-likeness (QED) is 0.659. The average Bonchev–Trinajstić information content (AvgIpc) is 2.30. The van der Waals surface area contributed by atoms with Gasteiger partial charge in [-0.25, -0.2) is 0 Å². The van der Waals surface area contributed by atoms with Gasteiger partial charge in [0.25, 0.3) is 0 Å². The number of ketones is 1. The van der Waals surface area contributed by atoms with Gasteiger partial charge in [-0.15, -0.1) is 0 Å². The van der Waals surface area contributed by atoms with E-state index in [1.807, 2.05) is 13.8 Å². The predicted molar refractivity (Wildman–Crippen MR) is 68.2 cm³/mol. The van der Waals surface area contributed by atoms with E-state index in [0.29, 0.717) is 11.3 Å². The molecule has 1 N–H and O–H groups in total. The molecule has 0 aliphatic heterocycles. The number of methoxy groups -OCH3 is 1. The van der Waals surface area contributed by atoms with Crippen LogP contribution in [-0.4, -0.2) is 24.0 Å². The molecular weight excluding hydrogens is 232 g/mol. The van der Waals surface area contributed by atoms with Crippen LogP contribution in [0.5, 0.6) is 5.75 Å². The molecule has 0 fully saturated rings. The van der Waals surface area contributed by atoms with E-state index in [1.165, 1.54) is 21.0 Å². The molecule has 0 aliphatic carbocycles. The number of hydrogen-bond acceptors (Lipinski definition) is 3. The number of ether oxygens (including phenoxy) is 1. The minimum absolute atomic E-state index is 0.313. The van der Waals surface area contributed by atoms with Gasteiger partial charge in [0.05, 0.1) is 12.7 Å². The molecule has 18 heavy (non-hydrogen) atoms. The van der Waals surface area contributed by atoms with Crippen molar-refractivity contribution in [1.29, 1.82) is 0 Å². The minimum Gasteiger partial charge on any atom is -0.496 e. The van der Waals surface area contributed by atoms with Gasteiger partial charge in [-0.2, -0.15) is 0 Å². The van der Waals surface area contributed by atoms with Crippen molar-refractivity contribution in [3.8, 4) is 5.75 Å². The Morgan fingerprint density at radius 3 is 2.11 bits per heavy atom. The summed E-state index contributed by atoms with van der Waals surface area (Å²) in [5, 5.41) is 9.10. The standard InChI is InChI=1S/C14H18O4/c1-8-6-10(11(18-5)7-9(8)2)12(15)14(3,4)13(16)17/h6-7H,1-5H3,(H,16,17). The van der Waals surface area contributed by atoms with Crippen LogP contribution in [0.4, 0.5) is 0 Å². The van der Waals surface area contributed by atoms with Crippen molar-refractivity contribution in [2.45, 2.75) is 27.7 Å². The highest BCUT2D eigenvalue weighted by Crippen LogP contribution is 2.30. The van der Waals surface area contributed by atoms with E-state index in [1.54, 1.807) is 12.1 Å².